The minimum atomic E-state index is -0.562. The van der Waals surface area contributed by atoms with Crippen LogP contribution in [0.3, 0.4) is 0 Å². The number of benzene rings is 1. The van der Waals surface area contributed by atoms with Gasteiger partial charge in [0.05, 0.1) is 17.1 Å². The van der Waals surface area contributed by atoms with Crippen LogP contribution < -0.4 is 5.73 Å². The molecule has 0 fully saturated rings. The number of pyridine rings is 1. The van der Waals surface area contributed by atoms with E-state index in [-0.39, 0.29) is 22.8 Å². The molecule has 2 rings (SSSR count). The van der Waals surface area contributed by atoms with Gasteiger partial charge in [0.2, 0.25) is 0 Å². The Labute approximate surface area is 120 Å². The maximum Gasteiger partial charge on any atom is 0.340 e. The number of aromatic nitrogens is 1. The summed E-state index contributed by atoms with van der Waals surface area (Å²) in [5.41, 5.74) is 5.87. The van der Waals surface area contributed by atoms with E-state index in [2.05, 4.69) is 4.98 Å². The minimum Gasteiger partial charge on any atom is -0.462 e. The largest absolute Gasteiger partial charge is 0.462 e. The van der Waals surface area contributed by atoms with Crippen molar-refractivity contribution in [3.8, 4) is 0 Å². The first kappa shape index (κ1) is 14.3. The van der Waals surface area contributed by atoms with Gasteiger partial charge in [-0.25, -0.2) is 14.2 Å². The van der Waals surface area contributed by atoms with Crippen molar-refractivity contribution in [3.05, 3.63) is 47.9 Å². The highest BCUT2D eigenvalue weighted by Crippen LogP contribution is 2.31. The molecule has 104 valence electrons. The van der Waals surface area contributed by atoms with Crippen molar-refractivity contribution >= 4 is 23.4 Å². The molecule has 20 heavy (non-hydrogen) atoms. The van der Waals surface area contributed by atoms with E-state index in [0.717, 1.165) is 17.8 Å². The van der Waals surface area contributed by atoms with Gasteiger partial charge in [0.25, 0.3) is 0 Å². The average molecular weight is 292 g/mol. The molecule has 0 unspecified atom stereocenters. The first-order chi connectivity index (χ1) is 9.61. The molecule has 6 heteroatoms. The van der Waals surface area contributed by atoms with Gasteiger partial charge in [0.15, 0.2) is 0 Å². The van der Waals surface area contributed by atoms with E-state index in [1.807, 2.05) is 0 Å². The Morgan fingerprint density at radius 3 is 2.90 bits per heavy atom. The van der Waals surface area contributed by atoms with Crippen molar-refractivity contribution < 1.29 is 13.9 Å². The highest BCUT2D eigenvalue weighted by atomic mass is 32.2. The van der Waals surface area contributed by atoms with E-state index in [0.29, 0.717) is 5.03 Å². The molecule has 2 N–H and O–H groups in total. The highest BCUT2D eigenvalue weighted by Gasteiger charge is 2.16. The lowest BCUT2D eigenvalue weighted by Gasteiger charge is -2.09. The van der Waals surface area contributed by atoms with Crippen LogP contribution in [0.15, 0.2) is 46.5 Å². The Kier molecular flexibility index (Phi) is 4.57. The smallest absolute Gasteiger partial charge is 0.340 e. The van der Waals surface area contributed by atoms with Gasteiger partial charge in [-0.2, -0.15) is 0 Å². The van der Waals surface area contributed by atoms with Crippen molar-refractivity contribution in [2.75, 3.05) is 12.3 Å². The van der Waals surface area contributed by atoms with E-state index >= 15 is 0 Å². The molecule has 1 heterocycles. The fourth-order valence-corrected chi connectivity index (χ4v) is 2.37. The summed E-state index contributed by atoms with van der Waals surface area (Å²) in [5, 5.41) is 0.631. The zero-order valence-electron chi connectivity index (χ0n) is 10.8. The van der Waals surface area contributed by atoms with Crippen LogP contribution in [-0.2, 0) is 4.74 Å². The van der Waals surface area contributed by atoms with Gasteiger partial charge in [0.1, 0.15) is 10.8 Å². The monoisotopic (exact) mass is 292 g/mol. The summed E-state index contributed by atoms with van der Waals surface area (Å²) in [6.07, 6.45) is 1.61. The molecule has 0 amide bonds. The number of nitrogens with zero attached hydrogens (tertiary/aromatic N) is 1. The molecular weight excluding hydrogens is 279 g/mol. The first-order valence-electron chi connectivity index (χ1n) is 5.97. The lowest BCUT2D eigenvalue weighted by atomic mass is 10.2. The second kappa shape index (κ2) is 6.38. The number of esters is 1. The molecule has 0 radical (unpaired) electrons. The summed E-state index contributed by atoms with van der Waals surface area (Å²) in [6.45, 7) is 1.93. The quantitative estimate of drug-likeness (QED) is 0.692. The summed E-state index contributed by atoms with van der Waals surface area (Å²) in [5.74, 6) is -1.06. The number of carbonyl (C=O) groups is 1. The molecule has 4 nitrogen and oxygen atoms in total. The number of rotatable bonds is 4. The topological polar surface area (TPSA) is 65.2 Å². The molecule has 0 aliphatic rings. The number of ether oxygens (including phenoxy) is 1. The van der Waals surface area contributed by atoms with Crippen molar-refractivity contribution in [3.63, 3.8) is 0 Å². The summed E-state index contributed by atoms with van der Waals surface area (Å²) in [7, 11) is 0. The minimum absolute atomic E-state index is 0.0614. The summed E-state index contributed by atoms with van der Waals surface area (Å²) in [4.78, 5) is 16.1. The van der Waals surface area contributed by atoms with Crippen molar-refractivity contribution in [2.45, 2.75) is 16.8 Å². The van der Waals surface area contributed by atoms with Crippen LogP contribution in [0, 0.1) is 5.82 Å². The van der Waals surface area contributed by atoms with E-state index < -0.39 is 11.8 Å². The number of nitrogen functional groups attached to an aromatic ring is 1. The van der Waals surface area contributed by atoms with Gasteiger partial charge in [-0.3, -0.25) is 0 Å². The van der Waals surface area contributed by atoms with Crippen LogP contribution in [0.1, 0.15) is 17.3 Å². The fourth-order valence-electron chi connectivity index (χ4n) is 1.55. The van der Waals surface area contributed by atoms with Crippen LogP contribution >= 0.6 is 11.8 Å². The van der Waals surface area contributed by atoms with Gasteiger partial charge in [-0.15, -0.1) is 0 Å². The van der Waals surface area contributed by atoms with Gasteiger partial charge < -0.3 is 10.5 Å². The standard InChI is InChI=1S/C14H13FN2O2S/c1-2-19-14(18)9-7-12(10(15)8-11(9)16)20-13-5-3-4-6-17-13/h3-8H,2,16H2,1H3. The predicted octanol–water partition coefficient (Wildman–Crippen LogP) is 3.13. The van der Waals surface area contributed by atoms with Crippen molar-refractivity contribution in [1.82, 2.24) is 4.98 Å². The third kappa shape index (κ3) is 3.27. The molecule has 0 aliphatic carbocycles. The number of halogens is 1. The van der Waals surface area contributed by atoms with Crippen LogP contribution in [0.25, 0.3) is 0 Å². The van der Waals surface area contributed by atoms with Crippen LogP contribution in [0.4, 0.5) is 10.1 Å². The Hall–Kier alpha value is -2.08. The SMILES string of the molecule is CCOC(=O)c1cc(Sc2ccccn2)c(F)cc1N. The number of carbonyl (C=O) groups excluding carboxylic acids is 1. The average Bonchev–Trinajstić information content (AvgIpc) is 2.43. The van der Waals surface area contributed by atoms with Crippen LogP contribution in [-0.4, -0.2) is 17.6 Å². The Bertz CT molecular complexity index is 620. The van der Waals surface area contributed by atoms with E-state index in [9.17, 15) is 9.18 Å². The Morgan fingerprint density at radius 1 is 1.45 bits per heavy atom. The zero-order chi connectivity index (χ0) is 14.5. The molecular formula is C14H13FN2O2S. The van der Waals surface area contributed by atoms with Crippen LogP contribution in [0.2, 0.25) is 0 Å². The molecule has 1 aromatic carbocycles. The number of hydrogen-bond acceptors (Lipinski definition) is 5. The summed E-state index contributed by atoms with van der Waals surface area (Å²) < 4.78 is 18.8. The maximum atomic E-state index is 13.9. The lowest BCUT2D eigenvalue weighted by Crippen LogP contribution is -2.08. The van der Waals surface area contributed by atoms with Gasteiger partial charge in [-0.05, 0) is 31.2 Å². The van der Waals surface area contributed by atoms with Crippen molar-refractivity contribution in [2.24, 2.45) is 0 Å². The summed E-state index contributed by atoms with van der Waals surface area (Å²) >= 11 is 1.12. The van der Waals surface area contributed by atoms with Gasteiger partial charge >= 0.3 is 5.97 Å². The second-order valence-electron chi connectivity index (χ2n) is 3.86. The number of anilines is 1. The first-order valence-corrected chi connectivity index (χ1v) is 6.78. The number of nitrogens with two attached hydrogens (primary N) is 1. The molecule has 0 saturated heterocycles. The molecule has 0 spiro atoms. The van der Waals surface area contributed by atoms with Crippen molar-refractivity contribution in [1.29, 1.82) is 0 Å². The molecule has 0 aliphatic heterocycles. The molecule has 0 bridgehead atoms. The highest BCUT2D eigenvalue weighted by molar-refractivity contribution is 7.99. The molecule has 2 aromatic rings. The summed E-state index contributed by atoms with van der Waals surface area (Å²) in [6, 6.07) is 7.84. The predicted molar refractivity (Wildman–Crippen MR) is 75.1 cm³/mol. The number of hydrogen-bond donors (Lipinski definition) is 1. The molecule has 1 aromatic heterocycles. The molecule has 0 atom stereocenters. The third-order valence-electron chi connectivity index (χ3n) is 2.45. The third-order valence-corrected chi connectivity index (χ3v) is 3.44. The van der Waals surface area contributed by atoms with Crippen LogP contribution in [0.5, 0.6) is 0 Å². The van der Waals surface area contributed by atoms with E-state index in [4.69, 9.17) is 10.5 Å². The van der Waals surface area contributed by atoms with E-state index in [1.54, 1.807) is 31.3 Å². The van der Waals surface area contributed by atoms with Gasteiger partial charge in [0, 0.05) is 11.9 Å². The zero-order valence-corrected chi connectivity index (χ0v) is 11.6. The second-order valence-corrected chi connectivity index (χ2v) is 4.92. The van der Waals surface area contributed by atoms with E-state index in [1.165, 1.54) is 6.07 Å². The fraction of sp³-hybridized carbons (Fsp3) is 0.143. The maximum absolute atomic E-state index is 13.9. The Balaban J connectivity index is 2.34. The molecule has 0 saturated carbocycles. The Morgan fingerprint density at radius 2 is 2.25 bits per heavy atom. The van der Waals surface area contributed by atoms with Gasteiger partial charge in [-0.1, -0.05) is 17.8 Å². The lowest BCUT2D eigenvalue weighted by molar-refractivity contribution is 0.0527. The normalized spacial score (nSPS) is 10.3.